The fourth-order valence-electron chi connectivity index (χ4n) is 2.25. The smallest absolute Gasteiger partial charge is 0.0726 e. The lowest BCUT2D eigenvalue weighted by Crippen LogP contribution is -2.45. The topological polar surface area (TPSA) is 38.5 Å². The number of morpholine rings is 1. The normalized spacial score (nSPS) is 25.1. The van der Waals surface area contributed by atoms with Crippen LogP contribution in [-0.4, -0.2) is 25.3 Å². The Morgan fingerprint density at radius 2 is 1.65 bits per heavy atom. The minimum Gasteiger partial charge on any atom is -0.399 e. The number of halogens is 2. The molecule has 1 aromatic rings. The van der Waals surface area contributed by atoms with E-state index in [1.165, 1.54) is 0 Å². The first-order valence-corrected chi connectivity index (χ1v) is 7.21. The standard InChI is InChI=1S/C12H16Br2N2O/c1-7-5-16(6-8(2)17-7)12-10(13)3-9(15)4-11(12)14/h3-4,7-8H,5-6,15H2,1-2H3/t7-,8-/m1/s1. The van der Waals surface area contributed by atoms with Crippen molar-refractivity contribution in [2.75, 3.05) is 23.7 Å². The highest BCUT2D eigenvalue weighted by Crippen LogP contribution is 2.37. The maximum absolute atomic E-state index is 5.81. The summed E-state index contributed by atoms with van der Waals surface area (Å²) in [4.78, 5) is 2.33. The van der Waals surface area contributed by atoms with E-state index in [4.69, 9.17) is 10.5 Å². The minimum absolute atomic E-state index is 0.245. The van der Waals surface area contributed by atoms with Crippen LogP contribution >= 0.6 is 31.9 Å². The fraction of sp³-hybridized carbons (Fsp3) is 0.500. The van der Waals surface area contributed by atoms with Gasteiger partial charge < -0.3 is 15.4 Å². The van der Waals surface area contributed by atoms with Gasteiger partial charge in [-0.25, -0.2) is 0 Å². The van der Waals surface area contributed by atoms with Crippen LogP contribution in [0.2, 0.25) is 0 Å². The third-order valence-electron chi connectivity index (χ3n) is 2.78. The lowest BCUT2D eigenvalue weighted by molar-refractivity contribution is -0.00529. The number of rotatable bonds is 1. The summed E-state index contributed by atoms with van der Waals surface area (Å²) in [5.74, 6) is 0. The van der Waals surface area contributed by atoms with Crippen molar-refractivity contribution in [2.24, 2.45) is 0 Å². The van der Waals surface area contributed by atoms with E-state index in [1.807, 2.05) is 12.1 Å². The van der Waals surface area contributed by atoms with Crippen LogP contribution in [0, 0.1) is 0 Å². The third-order valence-corrected chi connectivity index (χ3v) is 3.98. The molecule has 0 amide bonds. The Hall–Kier alpha value is -0.260. The van der Waals surface area contributed by atoms with Gasteiger partial charge in [-0.05, 0) is 57.8 Å². The van der Waals surface area contributed by atoms with Crippen LogP contribution in [0.25, 0.3) is 0 Å². The highest BCUT2D eigenvalue weighted by atomic mass is 79.9. The van der Waals surface area contributed by atoms with E-state index in [0.29, 0.717) is 0 Å². The second-order valence-corrected chi connectivity index (χ2v) is 6.20. The van der Waals surface area contributed by atoms with Crippen LogP contribution < -0.4 is 10.6 Å². The molecule has 94 valence electrons. The molecule has 5 heteroatoms. The predicted molar refractivity (Wildman–Crippen MR) is 78.5 cm³/mol. The first-order valence-electron chi connectivity index (χ1n) is 5.62. The van der Waals surface area contributed by atoms with Crippen LogP contribution in [0.5, 0.6) is 0 Å². The van der Waals surface area contributed by atoms with Gasteiger partial charge in [0.05, 0.1) is 17.9 Å². The summed E-state index contributed by atoms with van der Waals surface area (Å²) in [7, 11) is 0. The van der Waals surface area contributed by atoms with Crippen LogP contribution in [0.1, 0.15) is 13.8 Å². The highest BCUT2D eigenvalue weighted by Gasteiger charge is 2.25. The van der Waals surface area contributed by atoms with Crippen molar-refractivity contribution in [1.82, 2.24) is 0 Å². The van der Waals surface area contributed by atoms with Crippen molar-refractivity contribution in [3.8, 4) is 0 Å². The van der Waals surface area contributed by atoms with E-state index >= 15 is 0 Å². The van der Waals surface area contributed by atoms with Crippen molar-refractivity contribution >= 4 is 43.2 Å². The Morgan fingerprint density at radius 3 is 2.12 bits per heavy atom. The molecule has 2 rings (SSSR count). The zero-order valence-corrected chi connectivity index (χ0v) is 13.1. The number of anilines is 2. The monoisotopic (exact) mass is 362 g/mol. The number of hydrogen-bond acceptors (Lipinski definition) is 3. The third kappa shape index (κ3) is 2.95. The zero-order valence-electron chi connectivity index (χ0n) is 9.91. The number of hydrogen-bond donors (Lipinski definition) is 1. The van der Waals surface area contributed by atoms with Crippen LogP contribution in [0.3, 0.4) is 0 Å². The van der Waals surface area contributed by atoms with Gasteiger partial charge in [0, 0.05) is 27.7 Å². The Bertz CT molecular complexity index is 392. The van der Waals surface area contributed by atoms with E-state index in [1.54, 1.807) is 0 Å². The number of nitrogens with two attached hydrogens (primary N) is 1. The summed E-state index contributed by atoms with van der Waals surface area (Å²) >= 11 is 7.16. The van der Waals surface area contributed by atoms with Crippen LogP contribution in [0.15, 0.2) is 21.1 Å². The first kappa shape index (κ1) is 13.2. The molecule has 1 saturated heterocycles. The van der Waals surface area contributed by atoms with Crippen molar-refractivity contribution < 1.29 is 4.74 Å². The molecule has 0 radical (unpaired) electrons. The molecule has 0 unspecified atom stereocenters. The molecule has 1 fully saturated rings. The van der Waals surface area contributed by atoms with E-state index in [0.717, 1.165) is 33.4 Å². The van der Waals surface area contributed by atoms with Crippen LogP contribution in [0.4, 0.5) is 11.4 Å². The van der Waals surface area contributed by atoms with Gasteiger partial charge in [0.1, 0.15) is 0 Å². The van der Waals surface area contributed by atoms with Crippen molar-refractivity contribution in [3.63, 3.8) is 0 Å². The molecule has 1 aromatic carbocycles. The number of benzene rings is 1. The molecular weight excluding hydrogens is 348 g/mol. The molecule has 1 aliphatic heterocycles. The van der Waals surface area contributed by atoms with Crippen LogP contribution in [-0.2, 0) is 4.74 Å². The molecule has 1 aliphatic rings. The van der Waals surface area contributed by atoms with Gasteiger partial charge in [-0.1, -0.05) is 0 Å². The Morgan fingerprint density at radius 1 is 1.18 bits per heavy atom. The van der Waals surface area contributed by atoms with Gasteiger partial charge >= 0.3 is 0 Å². The lowest BCUT2D eigenvalue weighted by Gasteiger charge is -2.37. The van der Waals surface area contributed by atoms with Gasteiger partial charge in [0.2, 0.25) is 0 Å². The maximum atomic E-state index is 5.81. The van der Waals surface area contributed by atoms with Gasteiger partial charge in [0.25, 0.3) is 0 Å². The summed E-state index contributed by atoms with van der Waals surface area (Å²) in [6, 6.07) is 3.87. The number of ether oxygens (including phenoxy) is 1. The molecule has 3 nitrogen and oxygen atoms in total. The molecule has 2 atom stereocenters. The summed E-state index contributed by atoms with van der Waals surface area (Å²) in [6.45, 7) is 5.99. The van der Waals surface area contributed by atoms with E-state index in [-0.39, 0.29) is 12.2 Å². The SMILES string of the molecule is C[C@@H]1CN(c2c(Br)cc(N)cc2Br)C[C@@H](C)O1. The number of nitrogens with zero attached hydrogens (tertiary/aromatic N) is 1. The van der Waals surface area contributed by atoms with Crippen molar-refractivity contribution in [1.29, 1.82) is 0 Å². The molecule has 0 saturated carbocycles. The fourth-order valence-corrected chi connectivity index (χ4v) is 3.97. The first-order chi connectivity index (χ1) is 7.97. The molecule has 0 bridgehead atoms. The average Bonchev–Trinajstić information content (AvgIpc) is 2.13. The minimum atomic E-state index is 0.245. The maximum Gasteiger partial charge on any atom is 0.0726 e. The summed E-state index contributed by atoms with van der Waals surface area (Å²) in [5, 5.41) is 0. The highest BCUT2D eigenvalue weighted by molar-refractivity contribution is 9.11. The van der Waals surface area contributed by atoms with E-state index in [9.17, 15) is 0 Å². The second kappa shape index (κ2) is 5.16. The predicted octanol–water partition coefficient (Wildman–Crippen LogP) is 3.41. The molecule has 1 heterocycles. The van der Waals surface area contributed by atoms with Gasteiger partial charge in [-0.15, -0.1) is 0 Å². The second-order valence-electron chi connectivity index (χ2n) is 4.50. The van der Waals surface area contributed by atoms with Crippen molar-refractivity contribution in [2.45, 2.75) is 26.1 Å². The lowest BCUT2D eigenvalue weighted by atomic mass is 10.2. The van der Waals surface area contributed by atoms with Gasteiger partial charge in [-0.3, -0.25) is 0 Å². The molecule has 0 aromatic heterocycles. The zero-order chi connectivity index (χ0) is 12.6. The molecule has 2 N–H and O–H groups in total. The van der Waals surface area contributed by atoms with E-state index in [2.05, 4.69) is 50.6 Å². The molecule has 0 aliphatic carbocycles. The number of nitrogen functional groups attached to an aromatic ring is 1. The van der Waals surface area contributed by atoms with Gasteiger partial charge in [-0.2, -0.15) is 0 Å². The van der Waals surface area contributed by atoms with Crippen molar-refractivity contribution in [3.05, 3.63) is 21.1 Å². The molecular formula is C12H16Br2N2O. The quantitative estimate of drug-likeness (QED) is 0.777. The molecule has 17 heavy (non-hydrogen) atoms. The Balaban J connectivity index is 2.33. The summed E-state index contributed by atoms with van der Waals surface area (Å²) < 4.78 is 7.78. The molecule has 0 spiro atoms. The average molecular weight is 364 g/mol. The van der Waals surface area contributed by atoms with E-state index < -0.39 is 0 Å². The Labute approximate surface area is 119 Å². The summed E-state index contributed by atoms with van der Waals surface area (Å²) in [6.07, 6.45) is 0.491. The van der Waals surface area contributed by atoms with Gasteiger partial charge in [0.15, 0.2) is 0 Å². The Kier molecular flexibility index (Phi) is 4.00. The summed E-state index contributed by atoms with van der Waals surface area (Å²) in [5.41, 5.74) is 7.71. The largest absolute Gasteiger partial charge is 0.399 e.